The van der Waals surface area contributed by atoms with Crippen molar-refractivity contribution in [1.82, 2.24) is 4.90 Å². The molecule has 0 aromatic heterocycles. The van der Waals surface area contributed by atoms with Crippen LogP contribution in [0.4, 0.5) is 10.5 Å². The monoisotopic (exact) mass is 234 g/mol. The Balaban J connectivity index is 1.91. The Hall–Kier alpha value is -1.55. The van der Waals surface area contributed by atoms with E-state index in [2.05, 4.69) is 5.32 Å². The van der Waals surface area contributed by atoms with Crippen molar-refractivity contribution in [2.75, 3.05) is 25.0 Å². The number of carbonyl (C=O) groups excluding carboxylic acids is 1. The summed E-state index contributed by atoms with van der Waals surface area (Å²) in [5, 5.41) is 11.7. The maximum atomic E-state index is 11.8. The minimum Gasteiger partial charge on any atom is -0.396 e. The van der Waals surface area contributed by atoms with Gasteiger partial charge >= 0.3 is 6.03 Å². The van der Waals surface area contributed by atoms with Gasteiger partial charge in [-0.15, -0.1) is 0 Å². The van der Waals surface area contributed by atoms with E-state index in [1.807, 2.05) is 29.2 Å². The highest BCUT2D eigenvalue weighted by Gasteiger charge is 2.17. The number of aliphatic hydroxyl groups excluding tert-OH is 1. The molecule has 4 heteroatoms. The number of benzene rings is 1. The van der Waals surface area contributed by atoms with Crippen molar-refractivity contribution in [1.29, 1.82) is 0 Å². The molecule has 0 aliphatic carbocycles. The van der Waals surface area contributed by atoms with Crippen LogP contribution in [-0.2, 0) is 6.42 Å². The lowest BCUT2D eigenvalue weighted by Gasteiger charge is -2.16. The van der Waals surface area contributed by atoms with Gasteiger partial charge < -0.3 is 15.3 Å². The highest BCUT2D eigenvalue weighted by Crippen LogP contribution is 2.13. The van der Waals surface area contributed by atoms with Gasteiger partial charge in [0.15, 0.2) is 0 Å². The van der Waals surface area contributed by atoms with E-state index in [0.717, 1.165) is 37.2 Å². The first-order valence-electron chi connectivity index (χ1n) is 6.05. The van der Waals surface area contributed by atoms with Gasteiger partial charge in [-0.05, 0) is 37.0 Å². The summed E-state index contributed by atoms with van der Waals surface area (Å²) < 4.78 is 0. The van der Waals surface area contributed by atoms with Crippen LogP contribution in [0.1, 0.15) is 18.4 Å². The molecule has 2 N–H and O–H groups in total. The zero-order valence-electron chi connectivity index (χ0n) is 9.85. The summed E-state index contributed by atoms with van der Waals surface area (Å²) in [5.41, 5.74) is 1.88. The van der Waals surface area contributed by atoms with Crippen LogP contribution >= 0.6 is 0 Å². The molecule has 0 radical (unpaired) electrons. The van der Waals surface area contributed by atoms with Crippen molar-refractivity contribution in [3.63, 3.8) is 0 Å². The van der Waals surface area contributed by atoms with E-state index in [1.54, 1.807) is 0 Å². The van der Waals surface area contributed by atoms with Crippen molar-refractivity contribution >= 4 is 11.7 Å². The van der Waals surface area contributed by atoms with E-state index >= 15 is 0 Å². The van der Waals surface area contributed by atoms with Gasteiger partial charge in [-0.3, -0.25) is 0 Å². The first-order chi connectivity index (χ1) is 8.29. The topological polar surface area (TPSA) is 52.6 Å². The van der Waals surface area contributed by atoms with Crippen LogP contribution in [0.5, 0.6) is 0 Å². The second-order valence-electron chi connectivity index (χ2n) is 4.29. The first kappa shape index (κ1) is 11.9. The molecule has 0 atom stereocenters. The first-order valence-corrected chi connectivity index (χ1v) is 6.05. The second-order valence-corrected chi connectivity index (χ2v) is 4.29. The molecular formula is C13H18N2O2. The van der Waals surface area contributed by atoms with Crippen LogP contribution in [0.2, 0.25) is 0 Å². The molecule has 0 saturated carbocycles. The minimum absolute atomic E-state index is 0.0163. The number of nitrogens with zero attached hydrogens (tertiary/aromatic N) is 1. The summed E-state index contributed by atoms with van der Waals surface area (Å²) in [6.07, 6.45) is 2.85. The van der Waals surface area contributed by atoms with Crippen molar-refractivity contribution < 1.29 is 9.90 Å². The van der Waals surface area contributed by atoms with Crippen molar-refractivity contribution in [3.05, 3.63) is 29.8 Å². The summed E-state index contributed by atoms with van der Waals surface area (Å²) in [4.78, 5) is 13.6. The van der Waals surface area contributed by atoms with Crippen LogP contribution in [0.3, 0.4) is 0 Å². The lowest BCUT2D eigenvalue weighted by molar-refractivity contribution is 0.222. The predicted molar refractivity (Wildman–Crippen MR) is 67.1 cm³/mol. The molecule has 1 aliphatic rings. The third kappa shape index (κ3) is 3.20. The molecule has 1 heterocycles. The number of nitrogens with one attached hydrogen (secondary N) is 1. The molecule has 1 saturated heterocycles. The number of hydrogen-bond donors (Lipinski definition) is 2. The van der Waals surface area contributed by atoms with Crippen molar-refractivity contribution in [2.45, 2.75) is 19.3 Å². The molecule has 0 spiro atoms. The summed E-state index contributed by atoms with van der Waals surface area (Å²) in [6, 6.07) is 7.58. The number of hydrogen-bond acceptors (Lipinski definition) is 2. The molecule has 92 valence electrons. The summed E-state index contributed by atoms with van der Waals surface area (Å²) >= 11 is 0. The molecule has 1 fully saturated rings. The number of aliphatic hydroxyl groups is 1. The molecular weight excluding hydrogens is 216 g/mol. The number of carbonyl (C=O) groups is 1. The Labute approximate surface area is 101 Å². The lowest BCUT2D eigenvalue weighted by atomic mass is 10.1. The third-order valence-corrected chi connectivity index (χ3v) is 3.00. The number of urea groups is 1. The van der Waals surface area contributed by atoms with E-state index in [-0.39, 0.29) is 12.6 Å². The molecule has 0 unspecified atom stereocenters. The van der Waals surface area contributed by atoms with Gasteiger partial charge in [0.25, 0.3) is 0 Å². The average Bonchev–Trinajstić information content (AvgIpc) is 2.86. The largest absolute Gasteiger partial charge is 0.396 e. The molecule has 4 nitrogen and oxygen atoms in total. The van der Waals surface area contributed by atoms with Crippen LogP contribution in [0.25, 0.3) is 0 Å². The highest BCUT2D eigenvalue weighted by atomic mass is 16.3. The van der Waals surface area contributed by atoms with Gasteiger partial charge in [0, 0.05) is 25.4 Å². The Morgan fingerprint density at radius 3 is 2.47 bits per heavy atom. The van der Waals surface area contributed by atoms with E-state index in [4.69, 9.17) is 5.11 Å². The molecule has 2 rings (SSSR count). The predicted octanol–water partition coefficient (Wildman–Crippen LogP) is 1.85. The second kappa shape index (κ2) is 5.68. The quantitative estimate of drug-likeness (QED) is 0.838. The molecule has 0 bridgehead atoms. The van der Waals surface area contributed by atoms with E-state index in [9.17, 15) is 4.79 Å². The zero-order chi connectivity index (χ0) is 12.1. The molecule has 1 aromatic rings. The Morgan fingerprint density at radius 1 is 1.24 bits per heavy atom. The molecule has 17 heavy (non-hydrogen) atoms. The van der Waals surface area contributed by atoms with Gasteiger partial charge in [-0.2, -0.15) is 0 Å². The Bertz CT molecular complexity index is 370. The lowest BCUT2D eigenvalue weighted by Crippen LogP contribution is -2.32. The maximum Gasteiger partial charge on any atom is 0.321 e. The molecule has 1 aromatic carbocycles. The summed E-state index contributed by atoms with van der Waals surface area (Å²) in [6.45, 7) is 1.86. The summed E-state index contributed by atoms with van der Waals surface area (Å²) in [5.74, 6) is 0. The fourth-order valence-corrected chi connectivity index (χ4v) is 2.01. The van der Waals surface area contributed by atoms with Crippen molar-refractivity contribution in [3.8, 4) is 0 Å². The van der Waals surface area contributed by atoms with Crippen molar-refractivity contribution in [2.24, 2.45) is 0 Å². The van der Waals surface area contributed by atoms with Crippen LogP contribution in [-0.4, -0.2) is 35.7 Å². The maximum absolute atomic E-state index is 11.8. The Morgan fingerprint density at radius 2 is 1.88 bits per heavy atom. The number of rotatable bonds is 3. The smallest absolute Gasteiger partial charge is 0.321 e. The van der Waals surface area contributed by atoms with Crippen LogP contribution in [0, 0.1) is 0 Å². The molecule has 1 aliphatic heterocycles. The average molecular weight is 234 g/mol. The zero-order valence-corrected chi connectivity index (χ0v) is 9.85. The van der Waals surface area contributed by atoms with Gasteiger partial charge in [0.1, 0.15) is 0 Å². The van der Waals surface area contributed by atoms with E-state index < -0.39 is 0 Å². The Kier molecular flexibility index (Phi) is 3.98. The highest BCUT2D eigenvalue weighted by molar-refractivity contribution is 5.89. The van der Waals surface area contributed by atoms with Gasteiger partial charge in [-0.25, -0.2) is 4.79 Å². The van der Waals surface area contributed by atoms with Gasteiger partial charge in [-0.1, -0.05) is 12.1 Å². The number of likely N-dealkylation sites (tertiary alicyclic amines) is 1. The van der Waals surface area contributed by atoms with E-state index in [0.29, 0.717) is 6.42 Å². The number of amides is 2. The fraction of sp³-hybridized carbons (Fsp3) is 0.462. The van der Waals surface area contributed by atoms with Gasteiger partial charge in [0.05, 0.1) is 0 Å². The fourth-order valence-electron chi connectivity index (χ4n) is 2.01. The molecule has 2 amide bonds. The van der Waals surface area contributed by atoms with Gasteiger partial charge in [0.2, 0.25) is 0 Å². The normalized spacial score (nSPS) is 15.0. The summed E-state index contributed by atoms with van der Waals surface area (Å²) in [7, 11) is 0. The standard InChI is InChI=1S/C13H18N2O2/c16-10-7-11-3-5-12(6-4-11)14-13(17)15-8-1-2-9-15/h3-6,16H,1-2,7-10H2,(H,14,17). The van der Waals surface area contributed by atoms with Crippen LogP contribution in [0.15, 0.2) is 24.3 Å². The van der Waals surface area contributed by atoms with E-state index in [1.165, 1.54) is 0 Å². The number of anilines is 1. The minimum atomic E-state index is -0.0163. The SMILES string of the molecule is O=C(Nc1ccc(CCO)cc1)N1CCCC1. The van der Waals surface area contributed by atoms with Crippen LogP contribution < -0.4 is 5.32 Å². The third-order valence-electron chi connectivity index (χ3n) is 3.00.